The van der Waals surface area contributed by atoms with Crippen LogP contribution in [0.25, 0.3) is 0 Å². The average molecular weight is 254 g/mol. The summed E-state index contributed by atoms with van der Waals surface area (Å²) >= 11 is 6.14. The van der Waals surface area contributed by atoms with Gasteiger partial charge in [-0.1, -0.05) is 11.6 Å². The van der Waals surface area contributed by atoms with E-state index in [0.29, 0.717) is 23.7 Å². The predicted octanol–water partition coefficient (Wildman–Crippen LogP) is 1.75. The Hall–Kier alpha value is -1.26. The van der Waals surface area contributed by atoms with Crippen molar-refractivity contribution in [3.63, 3.8) is 0 Å². The number of carbonyl (C=O) groups is 1. The van der Waals surface area contributed by atoms with Gasteiger partial charge in [-0.3, -0.25) is 4.79 Å². The number of nitrogens with one attached hydrogen (secondary N) is 1. The fraction of sp³-hybridized carbons (Fsp3) is 0.417. The van der Waals surface area contributed by atoms with Crippen LogP contribution in [0.1, 0.15) is 12.0 Å². The van der Waals surface area contributed by atoms with Crippen LogP contribution in [0.5, 0.6) is 0 Å². The van der Waals surface area contributed by atoms with E-state index in [0.717, 1.165) is 11.3 Å². The van der Waals surface area contributed by atoms with Gasteiger partial charge in [0.1, 0.15) is 6.04 Å². The molecule has 0 aliphatic carbocycles. The lowest BCUT2D eigenvalue weighted by atomic mass is 10.0. The summed E-state index contributed by atoms with van der Waals surface area (Å²) in [6, 6.07) is 3.65. The summed E-state index contributed by atoms with van der Waals surface area (Å²) in [7, 11) is 1.90. The molecular weight excluding hydrogens is 238 g/mol. The van der Waals surface area contributed by atoms with Gasteiger partial charge in [-0.25, -0.2) is 0 Å². The molecule has 1 heterocycles. The van der Waals surface area contributed by atoms with Gasteiger partial charge in [0.05, 0.1) is 16.4 Å². The number of anilines is 2. The van der Waals surface area contributed by atoms with E-state index in [-0.39, 0.29) is 11.9 Å². The molecular formula is C12H16ClN3O. The van der Waals surface area contributed by atoms with Gasteiger partial charge >= 0.3 is 0 Å². The van der Waals surface area contributed by atoms with E-state index in [9.17, 15) is 4.79 Å². The molecule has 1 aliphatic heterocycles. The monoisotopic (exact) mass is 253 g/mol. The molecule has 0 spiro atoms. The Kier molecular flexibility index (Phi) is 3.26. The molecule has 4 nitrogen and oxygen atoms in total. The number of rotatable bonds is 2. The standard InChI is InChI=1S/C12H16ClN3O/c1-7-5-8(13)11-10(6-7)16(2)9(3-4-14)12(17)15-11/h5-6,9H,3-4,14H2,1-2H3,(H,15,17). The second kappa shape index (κ2) is 4.55. The lowest BCUT2D eigenvalue weighted by Crippen LogP contribution is -2.47. The van der Waals surface area contributed by atoms with Crippen LogP contribution < -0.4 is 16.0 Å². The third-order valence-corrected chi connectivity index (χ3v) is 3.35. The van der Waals surface area contributed by atoms with Gasteiger partial charge in [-0.05, 0) is 37.6 Å². The Morgan fingerprint density at radius 2 is 2.24 bits per heavy atom. The molecule has 3 N–H and O–H groups in total. The van der Waals surface area contributed by atoms with Crippen LogP contribution in [0.3, 0.4) is 0 Å². The van der Waals surface area contributed by atoms with E-state index < -0.39 is 0 Å². The first kappa shape index (κ1) is 12.2. The van der Waals surface area contributed by atoms with Gasteiger partial charge in [-0.15, -0.1) is 0 Å². The second-order valence-electron chi connectivity index (χ2n) is 4.33. The van der Waals surface area contributed by atoms with Crippen LogP contribution >= 0.6 is 11.6 Å². The third-order valence-electron chi connectivity index (χ3n) is 3.05. The van der Waals surface area contributed by atoms with Crippen LogP contribution in [-0.4, -0.2) is 25.5 Å². The van der Waals surface area contributed by atoms with Crippen molar-refractivity contribution in [2.24, 2.45) is 5.73 Å². The number of benzene rings is 1. The van der Waals surface area contributed by atoms with Crippen molar-refractivity contribution < 1.29 is 4.79 Å². The molecule has 0 radical (unpaired) electrons. The first-order chi connectivity index (χ1) is 8.04. The van der Waals surface area contributed by atoms with Crippen LogP contribution in [0.2, 0.25) is 5.02 Å². The Morgan fingerprint density at radius 3 is 2.88 bits per heavy atom. The fourth-order valence-corrected chi connectivity index (χ4v) is 2.47. The zero-order valence-corrected chi connectivity index (χ0v) is 10.7. The minimum atomic E-state index is -0.217. The summed E-state index contributed by atoms with van der Waals surface area (Å²) in [5.41, 5.74) is 8.25. The minimum Gasteiger partial charge on any atom is -0.361 e. The van der Waals surface area contributed by atoms with Crippen molar-refractivity contribution >= 4 is 28.9 Å². The molecule has 2 rings (SSSR count). The van der Waals surface area contributed by atoms with Gasteiger partial charge in [-0.2, -0.15) is 0 Å². The number of likely N-dealkylation sites (N-methyl/N-ethyl adjacent to an activating group) is 1. The fourth-order valence-electron chi connectivity index (χ4n) is 2.16. The van der Waals surface area contributed by atoms with Gasteiger partial charge < -0.3 is 16.0 Å². The number of nitrogens with zero attached hydrogens (tertiary/aromatic N) is 1. The van der Waals surface area contributed by atoms with Gasteiger partial charge in [0.2, 0.25) is 5.91 Å². The molecule has 92 valence electrons. The van der Waals surface area contributed by atoms with Crippen molar-refractivity contribution in [1.82, 2.24) is 0 Å². The Labute approximate surface area is 106 Å². The Bertz CT molecular complexity index is 461. The zero-order valence-electron chi connectivity index (χ0n) is 9.96. The number of aryl methyl sites for hydroxylation is 1. The molecule has 1 aliphatic rings. The molecule has 0 saturated heterocycles. The van der Waals surface area contributed by atoms with Crippen molar-refractivity contribution in [3.05, 3.63) is 22.7 Å². The normalized spacial score (nSPS) is 18.9. The van der Waals surface area contributed by atoms with E-state index in [1.54, 1.807) is 0 Å². The SMILES string of the molecule is Cc1cc(Cl)c2c(c1)N(C)C(CCN)C(=O)N2. The summed E-state index contributed by atoms with van der Waals surface area (Å²) < 4.78 is 0. The van der Waals surface area contributed by atoms with Crippen LogP contribution in [-0.2, 0) is 4.79 Å². The third kappa shape index (κ3) is 2.10. The van der Waals surface area contributed by atoms with Crippen LogP contribution in [0.15, 0.2) is 12.1 Å². The average Bonchev–Trinajstić information content (AvgIpc) is 2.26. The van der Waals surface area contributed by atoms with Gasteiger partial charge in [0.25, 0.3) is 0 Å². The van der Waals surface area contributed by atoms with E-state index >= 15 is 0 Å². The quantitative estimate of drug-likeness (QED) is 0.844. The minimum absolute atomic E-state index is 0.0452. The highest BCUT2D eigenvalue weighted by molar-refractivity contribution is 6.35. The maximum Gasteiger partial charge on any atom is 0.247 e. The molecule has 1 unspecified atom stereocenters. The Balaban J connectivity index is 2.46. The molecule has 0 bridgehead atoms. The lowest BCUT2D eigenvalue weighted by Gasteiger charge is -2.35. The van der Waals surface area contributed by atoms with E-state index in [1.165, 1.54) is 0 Å². The molecule has 1 atom stereocenters. The maximum absolute atomic E-state index is 11.9. The van der Waals surface area contributed by atoms with Gasteiger partial charge in [0.15, 0.2) is 0 Å². The number of hydrogen-bond donors (Lipinski definition) is 2. The first-order valence-electron chi connectivity index (χ1n) is 5.58. The van der Waals surface area contributed by atoms with Crippen LogP contribution in [0.4, 0.5) is 11.4 Å². The highest BCUT2D eigenvalue weighted by Gasteiger charge is 2.31. The molecule has 1 aromatic rings. The highest BCUT2D eigenvalue weighted by Crippen LogP contribution is 2.38. The van der Waals surface area contributed by atoms with E-state index in [4.69, 9.17) is 17.3 Å². The summed E-state index contributed by atoms with van der Waals surface area (Å²) in [5, 5.41) is 3.43. The highest BCUT2D eigenvalue weighted by atomic mass is 35.5. The second-order valence-corrected chi connectivity index (χ2v) is 4.74. The summed E-state index contributed by atoms with van der Waals surface area (Å²) in [6.07, 6.45) is 0.632. The maximum atomic E-state index is 11.9. The molecule has 5 heteroatoms. The topological polar surface area (TPSA) is 58.4 Å². The van der Waals surface area contributed by atoms with Crippen molar-refractivity contribution in [2.45, 2.75) is 19.4 Å². The smallest absolute Gasteiger partial charge is 0.247 e. The lowest BCUT2D eigenvalue weighted by molar-refractivity contribution is -0.117. The summed E-state index contributed by atoms with van der Waals surface area (Å²) in [6.45, 7) is 2.46. The Morgan fingerprint density at radius 1 is 1.53 bits per heavy atom. The molecule has 17 heavy (non-hydrogen) atoms. The van der Waals surface area contributed by atoms with Crippen molar-refractivity contribution in [2.75, 3.05) is 23.8 Å². The van der Waals surface area contributed by atoms with Gasteiger partial charge in [0, 0.05) is 7.05 Å². The number of amides is 1. The number of hydrogen-bond acceptors (Lipinski definition) is 3. The number of carbonyl (C=O) groups excluding carboxylic acids is 1. The predicted molar refractivity (Wildman–Crippen MR) is 70.7 cm³/mol. The molecule has 0 fully saturated rings. The number of fused-ring (bicyclic) bond motifs is 1. The summed E-state index contributed by atoms with van der Waals surface area (Å²) in [5.74, 6) is -0.0452. The molecule has 0 aromatic heterocycles. The van der Waals surface area contributed by atoms with Crippen LogP contribution in [0, 0.1) is 6.92 Å². The number of nitrogens with two attached hydrogens (primary N) is 1. The molecule has 1 amide bonds. The van der Waals surface area contributed by atoms with E-state index in [2.05, 4.69) is 5.32 Å². The molecule has 0 saturated carbocycles. The number of halogens is 1. The largest absolute Gasteiger partial charge is 0.361 e. The van der Waals surface area contributed by atoms with Crippen molar-refractivity contribution in [3.8, 4) is 0 Å². The summed E-state index contributed by atoms with van der Waals surface area (Å²) in [4.78, 5) is 13.9. The molecule has 1 aromatic carbocycles. The zero-order chi connectivity index (χ0) is 12.6. The van der Waals surface area contributed by atoms with Crippen molar-refractivity contribution in [1.29, 1.82) is 0 Å². The van der Waals surface area contributed by atoms with E-state index in [1.807, 2.05) is 31.0 Å². The first-order valence-corrected chi connectivity index (χ1v) is 5.96.